The Labute approximate surface area is 127 Å². The normalized spacial score (nSPS) is 12.6. The average molecular weight is 318 g/mol. The summed E-state index contributed by atoms with van der Waals surface area (Å²) >= 11 is 5.75. The third-order valence-electron chi connectivity index (χ3n) is 2.42. The highest BCUT2D eigenvalue weighted by atomic mass is 35.5. The summed E-state index contributed by atoms with van der Waals surface area (Å²) in [6.07, 6.45) is -1.11. The third kappa shape index (κ3) is 5.99. The standard InChI is InChI=1S/C14H17ClFNO4/c1-14(2,3)21-13(20)17-11(12(18)19)7-8-6-9(15)4-5-10(8)16/h4-6,11H,7H2,1-3H3,(H,17,20)(H,18,19)/t11-/m0/s1. The first kappa shape index (κ1) is 17.2. The number of nitrogens with one attached hydrogen (secondary N) is 1. The second kappa shape index (κ2) is 6.76. The molecule has 116 valence electrons. The van der Waals surface area contributed by atoms with Crippen LogP contribution in [0.15, 0.2) is 18.2 Å². The highest BCUT2D eigenvalue weighted by Gasteiger charge is 2.25. The molecule has 1 aromatic rings. The summed E-state index contributed by atoms with van der Waals surface area (Å²) in [5.74, 6) is -1.88. The Morgan fingerprint density at radius 1 is 1.43 bits per heavy atom. The Kier molecular flexibility index (Phi) is 5.54. The van der Waals surface area contributed by atoms with Gasteiger partial charge in [-0.3, -0.25) is 0 Å². The topological polar surface area (TPSA) is 75.6 Å². The molecule has 0 bridgehead atoms. The largest absolute Gasteiger partial charge is 0.480 e. The van der Waals surface area contributed by atoms with E-state index in [1.54, 1.807) is 20.8 Å². The van der Waals surface area contributed by atoms with E-state index in [0.717, 1.165) is 6.07 Å². The number of halogens is 2. The van der Waals surface area contributed by atoms with Gasteiger partial charge >= 0.3 is 12.1 Å². The molecule has 0 aliphatic rings. The summed E-state index contributed by atoms with van der Waals surface area (Å²) in [6.45, 7) is 4.96. The zero-order chi connectivity index (χ0) is 16.2. The van der Waals surface area contributed by atoms with Crippen molar-refractivity contribution in [2.24, 2.45) is 0 Å². The van der Waals surface area contributed by atoms with Gasteiger partial charge in [-0.2, -0.15) is 0 Å². The minimum atomic E-state index is -1.31. The minimum Gasteiger partial charge on any atom is -0.480 e. The Bertz CT molecular complexity index is 542. The smallest absolute Gasteiger partial charge is 0.408 e. The van der Waals surface area contributed by atoms with Crippen molar-refractivity contribution >= 4 is 23.7 Å². The number of rotatable bonds is 4. The molecule has 0 heterocycles. The van der Waals surface area contributed by atoms with E-state index >= 15 is 0 Å². The lowest BCUT2D eigenvalue weighted by Crippen LogP contribution is -2.44. The molecule has 0 aliphatic carbocycles. The summed E-state index contributed by atoms with van der Waals surface area (Å²) in [4.78, 5) is 22.8. The fraction of sp³-hybridized carbons (Fsp3) is 0.429. The van der Waals surface area contributed by atoms with Crippen molar-refractivity contribution in [3.63, 3.8) is 0 Å². The first-order valence-electron chi connectivity index (χ1n) is 6.25. The third-order valence-corrected chi connectivity index (χ3v) is 2.66. The molecule has 0 saturated heterocycles. The number of ether oxygens (including phenoxy) is 1. The van der Waals surface area contributed by atoms with Crippen LogP contribution in [0.5, 0.6) is 0 Å². The van der Waals surface area contributed by atoms with Gasteiger partial charge in [0.2, 0.25) is 0 Å². The Balaban J connectivity index is 2.81. The molecule has 1 atom stereocenters. The molecule has 0 aliphatic heterocycles. The maximum absolute atomic E-state index is 13.6. The number of carboxylic acids is 1. The van der Waals surface area contributed by atoms with E-state index in [2.05, 4.69) is 5.32 Å². The van der Waals surface area contributed by atoms with Crippen molar-refractivity contribution in [3.05, 3.63) is 34.6 Å². The number of carbonyl (C=O) groups excluding carboxylic acids is 1. The van der Waals surface area contributed by atoms with Crippen LogP contribution in [0.25, 0.3) is 0 Å². The van der Waals surface area contributed by atoms with Crippen molar-refractivity contribution in [3.8, 4) is 0 Å². The molecule has 7 heteroatoms. The van der Waals surface area contributed by atoms with Gasteiger partial charge < -0.3 is 15.2 Å². The van der Waals surface area contributed by atoms with Crippen LogP contribution in [0.1, 0.15) is 26.3 Å². The van der Waals surface area contributed by atoms with Crippen LogP contribution in [-0.4, -0.2) is 28.8 Å². The summed E-state index contributed by atoms with van der Waals surface area (Å²) in [5, 5.41) is 11.6. The Morgan fingerprint density at radius 2 is 2.05 bits per heavy atom. The van der Waals surface area contributed by atoms with E-state index in [-0.39, 0.29) is 17.0 Å². The van der Waals surface area contributed by atoms with E-state index in [9.17, 15) is 14.0 Å². The summed E-state index contributed by atoms with van der Waals surface area (Å²) in [5.41, 5.74) is -0.653. The predicted octanol–water partition coefficient (Wildman–Crippen LogP) is 3.00. The van der Waals surface area contributed by atoms with Crippen molar-refractivity contribution in [1.29, 1.82) is 0 Å². The molecular weight excluding hydrogens is 301 g/mol. The van der Waals surface area contributed by atoms with Crippen LogP contribution in [0, 0.1) is 5.82 Å². The molecular formula is C14H17ClFNO4. The van der Waals surface area contributed by atoms with Gasteiger partial charge in [-0.1, -0.05) is 11.6 Å². The van der Waals surface area contributed by atoms with Gasteiger partial charge in [-0.25, -0.2) is 14.0 Å². The molecule has 5 nitrogen and oxygen atoms in total. The van der Waals surface area contributed by atoms with Crippen LogP contribution < -0.4 is 5.32 Å². The number of carboxylic acid groups (broad SMARTS) is 1. The summed E-state index contributed by atoms with van der Waals surface area (Å²) < 4.78 is 18.6. The van der Waals surface area contributed by atoms with E-state index in [1.165, 1.54) is 12.1 Å². The molecule has 0 radical (unpaired) electrons. The van der Waals surface area contributed by atoms with Crippen LogP contribution in [-0.2, 0) is 16.0 Å². The lowest BCUT2D eigenvalue weighted by molar-refractivity contribution is -0.139. The van der Waals surface area contributed by atoms with Crippen LogP contribution in [0.2, 0.25) is 5.02 Å². The second-order valence-electron chi connectivity index (χ2n) is 5.48. The fourth-order valence-corrected chi connectivity index (χ4v) is 1.76. The zero-order valence-corrected chi connectivity index (χ0v) is 12.7. The maximum atomic E-state index is 13.6. The number of carbonyl (C=O) groups is 2. The summed E-state index contributed by atoms with van der Waals surface area (Å²) in [6, 6.07) is 2.51. The molecule has 21 heavy (non-hydrogen) atoms. The van der Waals surface area contributed by atoms with Crippen LogP contribution in [0.3, 0.4) is 0 Å². The lowest BCUT2D eigenvalue weighted by Gasteiger charge is -2.22. The predicted molar refractivity (Wildman–Crippen MR) is 75.9 cm³/mol. The molecule has 0 saturated carbocycles. The number of amides is 1. The van der Waals surface area contributed by atoms with Gasteiger partial charge in [0.05, 0.1) is 0 Å². The number of hydrogen-bond acceptors (Lipinski definition) is 3. The van der Waals surface area contributed by atoms with Crippen molar-refractivity contribution in [1.82, 2.24) is 5.32 Å². The lowest BCUT2D eigenvalue weighted by atomic mass is 10.1. The molecule has 0 unspecified atom stereocenters. The van der Waals surface area contributed by atoms with Crippen molar-refractivity contribution < 1.29 is 23.8 Å². The van der Waals surface area contributed by atoms with Gasteiger partial charge in [-0.15, -0.1) is 0 Å². The maximum Gasteiger partial charge on any atom is 0.408 e. The summed E-state index contributed by atoms with van der Waals surface area (Å²) in [7, 11) is 0. The Hall–Kier alpha value is -1.82. The van der Waals surface area contributed by atoms with E-state index in [0.29, 0.717) is 0 Å². The van der Waals surface area contributed by atoms with Gasteiger partial charge in [0.15, 0.2) is 0 Å². The molecule has 2 N–H and O–H groups in total. The van der Waals surface area contributed by atoms with E-state index < -0.39 is 29.5 Å². The van der Waals surface area contributed by atoms with E-state index in [1.807, 2.05) is 0 Å². The molecule has 0 fully saturated rings. The number of aliphatic carboxylic acids is 1. The molecule has 0 aromatic heterocycles. The van der Waals surface area contributed by atoms with Gasteiger partial charge in [-0.05, 0) is 44.5 Å². The molecule has 1 rings (SSSR count). The first-order chi connectivity index (χ1) is 9.58. The fourth-order valence-electron chi connectivity index (χ4n) is 1.57. The first-order valence-corrected chi connectivity index (χ1v) is 6.62. The van der Waals surface area contributed by atoms with Crippen LogP contribution >= 0.6 is 11.6 Å². The van der Waals surface area contributed by atoms with Gasteiger partial charge in [0.1, 0.15) is 17.5 Å². The Morgan fingerprint density at radius 3 is 2.57 bits per heavy atom. The highest BCUT2D eigenvalue weighted by molar-refractivity contribution is 6.30. The SMILES string of the molecule is CC(C)(C)OC(=O)N[C@@H](Cc1cc(Cl)ccc1F)C(=O)O. The van der Waals surface area contributed by atoms with E-state index in [4.69, 9.17) is 21.4 Å². The van der Waals surface area contributed by atoms with Crippen molar-refractivity contribution in [2.75, 3.05) is 0 Å². The van der Waals surface area contributed by atoms with Crippen molar-refractivity contribution in [2.45, 2.75) is 38.8 Å². The number of benzene rings is 1. The quantitative estimate of drug-likeness (QED) is 0.895. The highest BCUT2D eigenvalue weighted by Crippen LogP contribution is 2.17. The molecule has 1 aromatic carbocycles. The number of hydrogen-bond donors (Lipinski definition) is 2. The monoisotopic (exact) mass is 317 g/mol. The number of alkyl carbamates (subject to hydrolysis) is 1. The van der Waals surface area contributed by atoms with Crippen LogP contribution in [0.4, 0.5) is 9.18 Å². The zero-order valence-electron chi connectivity index (χ0n) is 11.9. The van der Waals surface area contributed by atoms with Gasteiger partial charge in [0.25, 0.3) is 0 Å². The molecule has 1 amide bonds. The minimum absolute atomic E-state index is 0.103. The van der Waals surface area contributed by atoms with Gasteiger partial charge in [0, 0.05) is 11.4 Å². The molecule has 0 spiro atoms. The second-order valence-corrected chi connectivity index (χ2v) is 5.91. The average Bonchev–Trinajstić information content (AvgIpc) is 2.30.